The van der Waals surface area contributed by atoms with Gasteiger partial charge in [-0.15, -0.1) is 0 Å². The summed E-state index contributed by atoms with van der Waals surface area (Å²) >= 11 is 0. The number of allylic oxidation sites excluding steroid dienone is 3. The van der Waals surface area contributed by atoms with E-state index in [9.17, 15) is 0 Å². The molecular formula is C12H20O. The van der Waals surface area contributed by atoms with E-state index >= 15 is 0 Å². The maximum absolute atomic E-state index is 5.57. The third kappa shape index (κ3) is 4.89. The minimum Gasteiger partial charge on any atom is -0.377 e. The Morgan fingerprint density at radius 2 is 2.31 bits per heavy atom. The smallest absolute Gasteiger partial charge is 0.0649 e. The number of hydrogen-bond acceptors (Lipinski definition) is 1. The SMILES string of the molecule is CC(C)=CCOCC1CC=CCC1. The highest BCUT2D eigenvalue weighted by Crippen LogP contribution is 2.17. The summed E-state index contributed by atoms with van der Waals surface area (Å²) in [7, 11) is 0. The molecule has 1 aliphatic carbocycles. The van der Waals surface area contributed by atoms with E-state index in [1.807, 2.05) is 0 Å². The first-order valence-electron chi connectivity index (χ1n) is 5.15. The van der Waals surface area contributed by atoms with E-state index < -0.39 is 0 Å². The Labute approximate surface area is 81.5 Å². The van der Waals surface area contributed by atoms with Crippen LogP contribution in [0.5, 0.6) is 0 Å². The zero-order chi connectivity index (χ0) is 9.52. The Morgan fingerprint density at radius 1 is 1.46 bits per heavy atom. The van der Waals surface area contributed by atoms with Crippen molar-refractivity contribution in [3.8, 4) is 0 Å². The molecule has 0 fully saturated rings. The van der Waals surface area contributed by atoms with Crippen LogP contribution in [0.15, 0.2) is 23.8 Å². The molecule has 0 amide bonds. The minimum atomic E-state index is 0.760. The third-order valence-electron chi connectivity index (χ3n) is 2.34. The fourth-order valence-electron chi connectivity index (χ4n) is 1.47. The zero-order valence-corrected chi connectivity index (χ0v) is 8.75. The van der Waals surface area contributed by atoms with Gasteiger partial charge in [-0.3, -0.25) is 0 Å². The van der Waals surface area contributed by atoms with Crippen molar-refractivity contribution in [3.63, 3.8) is 0 Å². The second-order valence-electron chi connectivity index (χ2n) is 3.97. The third-order valence-corrected chi connectivity index (χ3v) is 2.34. The van der Waals surface area contributed by atoms with Gasteiger partial charge in [-0.05, 0) is 39.0 Å². The van der Waals surface area contributed by atoms with E-state index in [0.29, 0.717) is 0 Å². The van der Waals surface area contributed by atoms with Crippen molar-refractivity contribution in [2.75, 3.05) is 13.2 Å². The van der Waals surface area contributed by atoms with E-state index in [4.69, 9.17) is 4.74 Å². The molecule has 13 heavy (non-hydrogen) atoms. The van der Waals surface area contributed by atoms with Gasteiger partial charge in [0.1, 0.15) is 0 Å². The molecule has 0 aromatic carbocycles. The highest BCUT2D eigenvalue weighted by atomic mass is 16.5. The fourth-order valence-corrected chi connectivity index (χ4v) is 1.47. The van der Waals surface area contributed by atoms with Crippen LogP contribution in [0.2, 0.25) is 0 Å². The topological polar surface area (TPSA) is 9.23 Å². The molecule has 1 heteroatoms. The van der Waals surface area contributed by atoms with Crippen LogP contribution in [0.4, 0.5) is 0 Å². The van der Waals surface area contributed by atoms with Crippen molar-refractivity contribution in [3.05, 3.63) is 23.8 Å². The van der Waals surface area contributed by atoms with E-state index in [1.54, 1.807) is 0 Å². The summed E-state index contributed by atoms with van der Waals surface area (Å²) in [6.07, 6.45) is 10.4. The predicted molar refractivity (Wildman–Crippen MR) is 56.7 cm³/mol. The average Bonchev–Trinajstić information content (AvgIpc) is 2.14. The standard InChI is InChI=1S/C12H20O/c1-11(2)8-9-13-10-12-6-4-3-5-7-12/h3-4,8,12H,5-7,9-10H2,1-2H3. The van der Waals surface area contributed by atoms with Crippen LogP contribution >= 0.6 is 0 Å². The molecule has 0 radical (unpaired) electrons. The van der Waals surface area contributed by atoms with Crippen LogP contribution in [-0.2, 0) is 4.74 Å². The van der Waals surface area contributed by atoms with Gasteiger partial charge in [0.2, 0.25) is 0 Å². The Kier molecular flexibility index (Phi) is 4.84. The first-order valence-corrected chi connectivity index (χ1v) is 5.15. The molecular weight excluding hydrogens is 160 g/mol. The van der Waals surface area contributed by atoms with Crippen molar-refractivity contribution in [1.82, 2.24) is 0 Å². The Morgan fingerprint density at radius 3 is 2.92 bits per heavy atom. The molecule has 1 unspecified atom stereocenters. The average molecular weight is 180 g/mol. The van der Waals surface area contributed by atoms with Crippen molar-refractivity contribution in [2.24, 2.45) is 5.92 Å². The molecule has 74 valence electrons. The zero-order valence-electron chi connectivity index (χ0n) is 8.75. The summed E-state index contributed by atoms with van der Waals surface area (Å²) in [5.74, 6) is 0.760. The highest BCUT2D eigenvalue weighted by molar-refractivity contribution is 4.93. The number of rotatable bonds is 4. The van der Waals surface area contributed by atoms with E-state index in [-0.39, 0.29) is 0 Å². The molecule has 0 heterocycles. The first-order chi connectivity index (χ1) is 6.29. The lowest BCUT2D eigenvalue weighted by Crippen LogP contribution is -2.11. The van der Waals surface area contributed by atoms with Gasteiger partial charge >= 0.3 is 0 Å². The van der Waals surface area contributed by atoms with Gasteiger partial charge in [0.25, 0.3) is 0 Å². The van der Waals surface area contributed by atoms with Gasteiger partial charge < -0.3 is 4.74 Å². The molecule has 0 spiro atoms. The number of ether oxygens (including phenoxy) is 1. The summed E-state index contributed by atoms with van der Waals surface area (Å²) in [5.41, 5.74) is 1.34. The van der Waals surface area contributed by atoms with Gasteiger partial charge in [-0.1, -0.05) is 23.8 Å². The normalized spacial score (nSPS) is 21.5. The van der Waals surface area contributed by atoms with Crippen molar-refractivity contribution < 1.29 is 4.74 Å². The van der Waals surface area contributed by atoms with Crippen LogP contribution in [0, 0.1) is 5.92 Å². The summed E-state index contributed by atoms with van der Waals surface area (Å²) in [5, 5.41) is 0. The molecule has 0 saturated carbocycles. The Balaban J connectivity index is 2.05. The van der Waals surface area contributed by atoms with Crippen LogP contribution < -0.4 is 0 Å². The molecule has 0 aromatic heterocycles. The summed E-state index contributed by atoms with van der Waals surface area (Å²) in [6, 6.07) is 0. The predicted octanol–water partition coefficient (Wildman–Crippen LogP) is 3.33. The van der Waals surface area contributed by atoms with E-state index in [2.05, 4.69) is 32.1 Å². The van der Waals surface area contributed by atoms with Crippen molar-refractivity contribution >= 4 is 0 Å². The molecule has 1 rings (SSSR count). The summed E-state index contributed by atoms with van der Waals surface area (Å²) in [6.45, 7) is 5.91. The molecule has 1 atom stereocenters. The van der Waals surface area contributed by atoms with Gasteiger partial charge in [0.15, 0.2) is 0 Å². The quantitative estimate of drug-likeness (QED) is 0.476. The van der Waals surface area contributed by atoms with Crippen LogP contribution in [0.25, 0.3) is 0 Å². The van der Waals surface area contributed by atoms with Crippen molar-refractivity contribution in [1.29, 1.82) is 0 Å². The van der Waals surface area contributed by atoms with Crippen LogP contribution in [0.1, 0.15) is 33.1 Å². The highest BCUT2D eigenvalue weighted by Gasteiger charge is 2.08. The second-order valence-corrected chi connectivity index (χ2v) is 3.97. The Bertz CT molecular complexity index is 187. The van der Waals surface area contributed by atoms with E-state index in [1.165, 1.54) is 24.8 Å². The molecule has 0 aliphatic heterocycles. The monoisotopic (exact) mass is 180 g/mol. The lowest BCUT2D eigenvalue weighted by Gasteiger charge is -2.16. The fraction of sp³-hybridized carbons (Fsp3) is 0.667. The van der Waals surface area contributed by atoms with Gasteiger partial charge in [-0.2, -0.15) is 0 Å². The van der Waals surface area contributed by atoms with Crippen LogP contribution in [-0.4, -0.2) is 13.2 Å². The molecule has 0 saturated heterocycles. The van der Waals surface area contributed by atoms with Crippen LogP contribution in [0.3, 0.4) is 0 Å². The maximum Gasteiger partial charge on any atom is 0.0649 e. The maximum atomic E-state index is 5.57. The molecule has 0 aromatic rings. The largest absolute Gasteiger partial charge is 0.377 e. The molecule has 0 bridgehead atoms. The summed E-state index contributed by atoms with van der Waals surface area (Å²) < 4.78 is 5.57. The molecule has 1 nitrogen and oxygen atoms in total. The molecule has 1 aliphatic rings. The second kappa shape index (κ2) is 5.98. The first kappa shape index (κ1) is 10.5. The van der Waals surface area contributed by atoms with Gasteiger partial charge in [0.05, 0.1) is 13.2 Å². The van der Waals surface area contributed by atoms with Crippen molar-refractivity contribution in [2.45, 2.75) is 33.1 Å². The Hall–Kier alpha value is -0.560. The lowest BCUT2D eigenvalue weighted by atomic mass is 9.95. The van der Waals surface area contributed by atoms with Gasteiger partial charge in [-0.25, -0.2) is 0 Å². The summed E-state index contributed by atoms with van der Waals surface area (Å²) in [4.78, 5) is 0. The number of hydrogen-bond donors (Lipinski definition) is 0. The molecule has 0 N–H and O–H groups in total. The minimum absolute atomic E-state index is 0.760. The lowest BCUT2D eigenvalue weighted by molar-refractivity contribution is 0.118. The van der Waals surface area contributed by atoms with Gasteiger partial charge in [0, 0.05) is 0 Å². The van der Waals surface area contributed by atoms with E-state index in [0.717, 1.165) is 19.1 Å².